The summed E-state index contributed by atoms with van der Waals surface area (Å²) in [4.78, 5) is 12.3. The molecular weight excluding hydrogens is 162 g/mol. The minimum atomic E-state index is -2.40. The molecule has 0 spiro atoms. The molecule has 72 valence electrons. The van der Waals surface area contributed by atoms with Crippen molar-refractivity contribution in [1.82, 2.24) is 4.90 Å². The van der Waals surface area contributed by atoms with Crippen LogP contribution in [0.15, 0.2) is 0 Å². The van der Waals surface area contributed by atoms with Crippen molar-refractivity contribution in [3.63, 3.8) is 0 Å². The summed E-state index contributed by atoms with van der Waals surface area (Å²) in [5.41, 5.74) is 0. The largest absolute Gasteiger partial charge is 0.462 e. The first-order chi connectivity index (χ1) is 5.40. The molecule has 0 fully saturated rings. The quantitative estimate of drug-likeness (QED) is 0.416. The zero-order valence-electron chi connectivity index (χ0n) is 7.57. The van der Waals surface area contributed by atoms with E-state index in [1.807, 2.05) is 0 Å². The second-order valence-corrected chi connectivity index (χ2v) is 2.77. The number of ether oxygens (including phenoxy) is 1. The lowest BCUT2D eigenvalue weighted by molar-refractivity contribution is -0.212. The van der Waals surface area contributed by atoms with Gasteiger partial charge in [-0.05, 0) is 21.0 Å². The zero-order valence-corrected chi connectivity index (χ0v) is 7.57. The number of nitrogens with zero attached hydrogens (tertiary/aromatic N) is 1. The molecule has 5 heteroatoms. The van der Waals surface area contributed by atoms with Crippen LogP contribution in [0.3, 0.4) is 0 Å². The SMILES string of the molecule is CCOC(=O)C(O)(O)CN(C)C. The molecule has 0 aromatic rings. The van der Waals surface area contributed by atoms with Crippen molar-refractivity contribution >= 4 is 5.97 Å². The highest BCUT2D eigenvalue weighted by atomic mass is 16.6. The second-order valence-electron chi connectivity index (χ2n) is 2.77. The fourth-order valence-electron chi connectivity index (χ4n) is 0.752. The summed E-state index contributed by atoms with van der Waals surface area (Å²) in [5.74, 6) is -3.42. The van der Waals surface area contributed by atoms with Crippen LogP contribution in [0, 0.1) is 0 Å². The van der Waals surface area contributed by atoms with E-state index in [4.69, 9.17) is 10.2 Å². The molecule has 0 saturated heterocycles. The minimum absolute atomic E-state index is 0.134. The molecule has 0 bridgehead atoms. The number of esters is 1. The standard InChI is InChI=1S/C7H15NO4/c1-4-12-6(9)7(10,11)5-8(2)3/h10-11H,4-5H2,1-3H3. The molecule has 0 aliphatic rings. The second kappa shape index (κ2) is 4.39. The Bertz CT molecular complexity index is 155. The lowest BCUT2D eigenvalue weighted by Crippen LogP contribution is -2.48. The van der Waals surface area contributed by atoms with Gasteiger partial charge >= 0.3 is 5.97 Å². The number of hydrogen-bond acceptors (Lipinski definition) is 5. The maximum absolute atomic E-state index is 10.9. The Morgan fingerprint density at radius 1 is 1.50 bits per heavy atom. The molecule has 0 aliphatic carbocycles. The van der Waals surface area contributed by atoms with Crippen molar-refractivity contribution < 1.29 is 19.7 Å². The molecule has 0 unspecified atom stereocenters. The van der Waals surface area contributed by atoms with Gasteiger partial charge in [0.1, 0.15) is 0 Å². The Morgan fingerprint density at radius 2 is 2.00 bits per heavy atom. The van der Waals surface area contributed by atoms with Crippen LogP contribution in [0.5, 0.6) is 0 Å². The predicted octanol–water partition coefficient (Wildman–Crippen LogP) is -1.21. The smallest absolute Gasteiger partial charge is 0.367 e. The third-order valence-corrected chi connectivity index (χ3v) is 1.14. The summed E-state index contributed by atoms with van der Waals surface area (Å²) in [6, 6.07) is 0. The number of likely N-dealkylation sites (N-methyl/N-ethyl adjacent to an activating group) is 1. The van der Waals surface area contributed by atoms with Gasteiger partial charge in [-0.15, -0.1) is 0 Å². The van der Waals surface area contributed by atoms with E-state index in [-0.39, 0.29) is 13.2 Å². The monoisotopic (exact) mass is 177 g/mol. The van der Waals surface area contributed by atoms with Crippen molar-refractivity contribution in [1.29, 1.82) is 0 Å². The molecular formula is C7H15NO4. The van der Waals surface area contributed by atoms with Crippen molar-refractivity contribution in [2.75, 3.05) is 27.2 Å². The fourth-order valence-corrected chi connectivity index (χ4v) is 0.752. The van der Waals surface area contributed by atoms with Crippen LogP contribution in [-0.2, 0) is 9.53 Å². The summed E-state index contributed by atoms with van der Waals surface area (Å²) in [6.07, 6.45) is 0. The number of hydrogen-bond donors (Lipinski definition) is 2. The number of carbonyl (C=O) groups excluding carboxylic acids is 1. The van der Waals surface area contributed by atoms with E-state index in [2.05, 4.69) is 4.74 Å². The topological polar surface area (TPSA) is 70.0 Å². The number of aliphatic hydroxyl groups is 2. The third-order valence-electron chi connectivity index (χ3n) is 1.14. The van der Waals surface area contributed by atoms with Crippen LogP contribution in [0.25, 0.3) is 0 Å². The Labute approximate surface area is 71.6 Å². The van der Waals surface area contributed by atoms with E-state index in [9.17, 15) is 4.79 Å². The lowest BCUT2D eigenvalue weighted by atomic mass is 10.3. The first kappa shape index (κ1) is 11.4. The van der Waals surface area contributed by atoms with Crippen molar-refractivity contribution in [2.45, 2.75) is 12.7 Å². The van der Waals surface area contributed by atoms with Gasteiger partial charge in [0.15, 0.2) is 0 Å². The predicted molar refractivity (Wildman–Crippen MR) is 42.4 cm³/mol. The maximum atomic E-state index is 10.9. The van der Waals surface area contributed by atoms with E-state index >= 15 is 0 Å². The number of carbonyl (C=O) groups is 1. The molecule has 12 heavy (non-hydrogen) atoms. The Balaban J connectivity index is 4.09. The summed E-state index contributed by atoms with van der Waals surface area (Å²) in [5, 5.41) is 18.2. The summed E-state index contributed by atoms with van der Waals surface area (Å²) in [6.45, 7) is 1.56. The van der Waals surface area contributed by atoms with E-state index in [0.717, 1.165) is 0 Å². The third kappa shape index (κ3) is 3.66. The first-order valence-corrected chi connectivity index (χ1v) is 3.67. The molecule has 0 radical (unpaired) electrons. The van der Waals surface area contributed by atoms with E-state index < -0.39 is 11.8 Å². The minimum Gasteiger partial charge on any atom is -0.462 e. The van der Waals surface area contributed by atoms with Crippen molar-refractivity contribution in [3.8, 4) is 0 Å². The van der Waals surface area contributed by atoms with Crippen LogP contribution < -0.4 is 0 Å². The molecule has 0 saturated carbocycles. The molecule has 0 aromatic heterocycles. The van der Waals surface area contributed by atoms with Gasteiger partial charge in [0, 0.05) is 0 Å². The van der Waals surface area contributed by atoms with E-state index in [0.29, 0.717) is 0 Å². The van der Waals surface area contributed by atoms with Crippen LogP contribution in [-0.4, -0.2) is 54.1 Å². The Morgan fingerprint density at radius 3 is 2.33 bits per heavy atom. The van der Waals surface area contributed by atoms with Gasteiger partial charge in [0.25, 0.3) is 5.79 Å². The fraction of sp³-hybridized carbons (Fsp3) is 0.857. The van der Waals surface area contributed by atoms with Gasteiger partial charge in [-0.2, -0.15) is 0 Å². The van der Waals surface area contributed by atoms with Crippen LogP contribution in [0.4, 0.5) is 0 Å². The summed E-state index contributed by atoms with van der Waals surface area (Å²) in [7, 11) is 3.25. The zero-order chi connectivity index (χ0) is 9.78. The molecule has 0 aliphatic heterocycles. The maximum Gasteiger partial charge on any atom is 0.367 e. The summed E-state index contributed by atoms with van der Waals surface area (Å²) < 4.78 is 4.44. The molecule has 0 aromatic carbocycles. The van der Waals surface area contributed by atoms with Gasteiger partial charge in [-0.3, -0.25) is 0 Å². The highest BCUT2D eigenvalue weighted by Crippen LogP contribution is 2.03. The molecule has 0 atom stereocenters. The van der Waals surface area contributed by atoms with Crippen LogP contribution >= 0.6 is 0 Å². The van der Waals surface area contributed by atoms with Gasteiger partial charge < -0.3 is 19.8 Å². The van der Waals surface area contributed by atoms with E-state index in [1.54, 1.807) is 21.0 Å². The highest BCUT2D eigenvalue weighted by Gasteiger charge is 2.35. The Kier molecular flexibility index (Phi) is 4.16. The van der Waals surface area contributed by atoms with Gasteiger partial charge in [0.05, 0.1) is 13.2 Å². The molecule has 0 heterocycles. The van der Waals surface area contributed by atoms with Gasteiger partial charge in [-0.25, -0.2) is 4.79 Å². The lowest BCUT2D eigenvalue weighted by Gasteiger charge is -2.22. The molecule has 0 rings (SSSR count). The average Bonchev–Trinajstić information content (AvgIpc) is 1.85. The van der Waals surface area contributed by atoms with Crippen molar-refractivity contribution in [3.05, 3.63) is 0 Å². The highest BCUT2D eigenvalue weighted by molar-refractivity contribution is 5.77. The average molecular weight is 177 g/mol. The van der Waals surface area contributed by atoms with E-state index in [1.165, 1.54) is 4.90 Å². The Hall–Kier alpha value is -0.650. The first-order valence-electron chi connectivity index (χ1n) is 3.67. The summed E-state index contributed by atoms with van der Waals surface area (Å²) >= 11 is 0. The van der Waals surface area contributed by atoms with Gasteiger partial charge in [0.2, 0.25) is 0 Å². The van der Waals surface area contributed by atoms with Gasteiger partial charge in [-0.1, -0.05) is 0 Å². The van der Waals surface area contributed by atoms with Crippen molar-refractivity contribution in [2.24, 2.45) is 0 Å². The van der Waals surface area contributed by atoms with Crippen LogP contribution in [0.1, 0.15) is 6.92 Å². The normalized spacial score (nSPS) is 11.8. The van der Waals surface area contributed by atoms with Crippen LogP contribution in [0.2, 0.25) is 0 Å². The molecule has 0 amide bonds. The molecule has 2 N–H and O–H groups in total. The molecule has 5 nitrogen and oxygen atoms in total. The number of rotatable bonds is 4.